The fourth-order valence-electron chi connectivity index (χ4n) is 5.00. The van der Waals surface area contributed by atoms with Gasteiger partial charge in [-0.3, -0.25) is 4.68 Å². The number of nitrogens with one attached hydrogen (secondary N) is 2. The molecule has 0 saturated carbocycles. The molecule has 2 aliphatic heterocycles. The van der Waals surface area contributed by atoms with Gasteiger partial charge in [-0.2, -0.15) is 9.40 Å². The number of aromatic nitrogens is 2. The summed E-state index contributed by atoms with van der Waals surface area (Å²) in [7, 11) is -5.85. The lowest BCUT2D eigenvalue weighted by atomic mass is 9.88. The topological polar surface area (TPSA) is 152 Å². The van der Waals surface area contributed by atoms with Gasteiger partial charge >= 0.3 is 0 Å². The molecule has 0 bridgehead atoms. The molecular formula is C24H37N5O7S2. The van der Waals surface area contributed by atoms with Gasteiger partial charge in [0.15, 0.2) is 0 Å². The first-order chi connectivity index (χ1) is 18.0. The lowest BCUT2D eigenvalue weighted by Crippen LogP contribution is -2.47. The van der Waals surface area contributed by atoms with E-state index >= 15 is 0 Å². The Morgan fingerprint density at radius 3 is 2.66 bits per heavy atom. The van der Waals surface area contributed by atoms with Crippen LogP contribution in [0.3, 0.4) is 0 Å². The average Bonchev–Trinajstić information content (AvgIpc) is 3.49. The Morgan fingerprint density at radius 1 is 1.26 bits per heavy atom. The van der Waals surface area contributed by atoms with E-state index in [1.54, 1.807) is 23.7 Å². The molecular weight excluding hydrogens is 534 g/mol. The summed E-state index contributed by atoms with van der Waals surface area (Å²) in [6, 6.07) is 6.11. The molecule has 2 aliphatic rings. The minimum Gasteiger partial charge on any atom is -0.491 e. The third-order valence-electron chi connectivity index (χ3n) is 7.29. The molecule has 2 aromatic rings. The van der Waals surface area contributed by atoms with Crippen LogP contribution < -0.4 is 14.8 Å². The maximum atomic E-state index is 13.2. The first-order valence-electron chi connectivity index (χ1n) is 12.7. The Bertz CT molecular complexity index is 1320. The summed E-state index contributed by atoms with van der Waals surface area (Å²) in [6.07, 6.45) is 2.55. The van der Waals surface area contributed by atoms with E-state index in [0.717, 1.165) is 6.42 Å². The molecule has 2 fully saturated rings. The normalized spacial score (nSPS) is 21.1. The third kappa shape index (κ3) is 6.22. The van der Waals surface area contributed by atoms with Crippen molar-refractivity contribution in [3.63, 3.8) is 0 Å². The monoisotopic (exact) mass is 571 g/mol. The van der Waals surface area contributed by atoms with Crippen LogP contribution in [0.4, 0.5) is 0 Å². The molecule has 3 heterocycles. The number of hydrogen-bond donors (Lipinski definition) is 3. The van der Waals surface area contributed by atoms with Crippen LogP contribution >= 0.6 is 0 Å². The van der Waals surface area contributed by atoms with E-state index in [1.807, 2.05) is 6.92 Å². The quantitative estimate of drug-likeness (QED) is 0.349. The number of nitrogens with zero attached hydrogens (tertiary/aromatic N) is 3. The summed E-state index contributed by atoms with van der Waals surface area (Å²) in [6.45, 7) is 5.82. The zero-order chi connectivity index (χ0) is 27.6. The summed E-state index contributed by atoms with van der Waals surface area (Å²) in [4.78, 5) is 0.345. The molecule has 0 radical (unpaired) electrons. The van der Waals surface area contributed by atoms with Crippen LogP contribution in [0.15, 0.2) is 40.3 Å². The standard InChI is InChI=1S/C24H37N5O7S2/c1-4-29-18(2)23(15-27-29)38(33,34)28-10-8-24(9-11-28)13-19(16-36-24)26-14-20(30)17-35-21-6-5-7-22(12-21)37(31,32)25-3/h5-7,12,15,19-20,25-26,30H,4,8-11,13-14,16-17H2,1-3H3/t19?,20-/m0/s1. The van der Waals surface area contributed by atoms with Crippen molar-refractivity contribution in [1.82, 2.24) is 24.1 Å². The van der Waals surface area contributed by atoms with Crippen LogP contribution in [-0.2, 0) is 31.3 Å². The zero-order valence-corrected chi connectivity index (χ0v) is 23.6. The fourth-order valence-corrected chi connectivity index (χ4v) is 7.37. The molecule has 1 aromatic heterocycles. The van der Waals surface area contributed by atoms with Gasteiger partial charge in [-0.15, -0.1) is 0 Å². The number of ether oxygens (including phenoxy) is 2. The molecule has 2 atom stereocenters. The highest BCUT2D eigenvalue weighted by atomic mass is 32.2. The van der Waals surface area contributed by atoms with E-state index < -0.39 is 26.2 Å². The van der Waals surface area contributed by atoms with Crippen molar-refractivity contribution < 1.29 is 31.4 Å². The zero-order valence-electron chi connectivity index (χ0n) is 22.0. The highest BCUT2D eigenvalue weighted by Gasteiger charge is 2.45. The van der Waals surface area contributed by atoms with Gasteiger partial charge < -0.3 is 19.9 Å². The van der Waals surface area contributed by atoms with Crippen molar-refractivity contribution in [3.05, 3.63) is 36.2 Å². The van der Waals surface area contributed by atoms with Crippen molar-refractivity contribution >= 4 is 20.0 Å². The number of aryl methyl sites for hydroxylation is 1. The lowest BCUT2D eigenvalue weighted by Gasteiger charge is -2.38. The van der Waals surface area contributed by atoms with Crippen molar-refractivity contribution in [2.45, 2.75) is 67.2 Å². The number of aliphatic hydroxyl groups excluding tert-OH is 1. The second kappa shape index (κ2) is 11.6. The molecule has 2 saturated heterocycles. The van der Waals surface area contributed by atoms with Crippen LogP contribution in [-0.4, -0.2) is 93.7 Å². The van der Waals surface area contributed by atoms with Gasteiger partial charge in [0.2, 0.25) is 20.0 Å². The summed E-state index contributed by atoms with van der Waals surface area (Å²) in [5.74, 6) is 0.350. The molecule has 0 aliphatic carbocycles. The van der Waals surface area contributed by atoms with E-state index in [9.17, 15) is 21.9 Å². The van der Waals surface area contributed by atoms with E-state index in [4.69, 9.17) is 9.47 Å². The minimum atomic E-state index is -3.61. The molecule has 1 aromatic carbocycles. The number of sulfonamides is 2. The Balaban J connectivity index is 1.23. The lowest BCUT2D eigenvalue weighted by molar-refractivity contribution is -0.0312. The van der Waals surface area contributed by atoms with E-state index in [-0.39, 0.29) is 34.6 Å². The maximum absolute atomic E-state index is 13.2. The maximum Gasteiger partial charge on any atom is 0.246 e. The van der Waals surface area contributed by atoms with Crippen molar-refractivity contribution in [3.8, 4) is 5.75 Å². The first kappa shape index (κ1) is 28.9. The van der Waals surface area contributed by atoms with Gasteiger partial charge in [-0.1, -0.05) is 6.07 Å². The van der Waals surface area contributed by atoms with Gasteiger partial charge in [0.05, 0.1) is 29.0 Å². The van der Waals surface area contributed by atoms with Crippen molar-refractivity contribution in [2.75, 3.05) is 39.9 Å². The molecule has 14 heteroatoms. The molecule has 1 spiro atoms. The highest BCUT2D eigenvalue weighted by molar-refractivity contribution is 7.89. The summed E-state index contributed by atoms with van der Waals surface area (Å²) in [5, 5.41) is 17.9. The van der Waals surface area contributed by atoms with Gasteiger partial charge in [-0.05, 0) is 52.3 Å². The van der Waals surface area contributed by atoms with Crippen LogP contribution in [0.25, 0.3) is 0 Å². The molecule has 4 rings (SSSR count). The predicted molar refractivity (Wildman–Crippen MR) is 140 cm³/mol. The highest BCUT2D eigenvalue weighted by Crippen LogP contribution is 2.37. The fraction of sp³-hybridized carbons (Fsp3) is 0.625. The first-order valence-corrected chi connectivity index (χ1v) is 15.7. The molecule has 3 N–H and O–H groups in total. The van der Waals surface area contributed by atoms with Crippen molar-refractivity contribution in [1.29, 1.82) is 0 Å². The summed E-state index contributed by atoms with van der Waals surface area (Å²) >= 11 is 0. The Kier molecular flexibility index (Phi) is 8.81. The number of piperidine rings is 1. The Labute approximate surface area is 224 Å². The number of hydrogen-bond acceptors (Lipinski definition) is 9. The van der Waals surface area contributed by atoms with Crippen LogP contribution in [0.2, 0.25) is 0 Å². The minimum absolute atomic E-state index is 0.00434. The molecule has 1 unspecified atom stereocenters. The van der Waals surface area contributed by atoms with Crippen LogP contribution in [0, 0.1) is 6.92 Å². The smallest absolute Gasteiger partial charge is 0.246 e. The number of aliphatic hydroxyl groups is 1. The van der Waals surface area contributed by atoms with Crippen LogP contribution in [0.5, 0.6) is 5.75 Å². The second-order valence-corrected chi connectivity index (χ2v) is 13.6. The Hall–Kier alpha value is -2.07. The molecule has 38 heavy (non-hydrogen) atoms. The van der Waals surface area contributed by atoms with Gasteiger partial charge in [-0.25, -0.2) is 21.6 Å². The van der Waals surface area contributed by atoms with Gasteiger partial charge in [0.1, 0.15) is 23.4 Å². The van der Waals surface area contributed by atoms with E-state index in [0.29, 0.717) is 50.5 Å². The van der Waals surface area contributed by atoms with Gasteiger partial charge in [0, 0.05) is 38.3 Å². The molecule has 0 amide bonds. The molecule has 12 nitrogen and oxygen atoms in total. The number of benzene rings is 1. The molecule has 212 valence electrons. The van der Waals surface area contributed by atoms with Crippen molar-refractivity contribution in [2.24, 2.45) is 0 Å². The second-order valence-electron chi connectivity index (χ2n) is 9.76. The van der Waals surface area contributed by atoms with E-state index in [1.165, 1.54) is 29.7 Å². The largest absolute Gasteiger partial charge is 0.491 e. The predicted octanol–water partition coefficient (Wildman–Crippen LogP) is 0.461. The summed E-state index contributed by atoms with van der Waals surface area (Å²) < 4.78 is 67.4. The Morgan fingerprint density at radius 2 is 2.00 bits per heavy atom. The van der Waals surface area contributed by atoms with Gasteiger partial charge in [0.25, 0.3) is 0 Å². The number of rotatable bonds is 11. The summed E-state index contributed by atoms with van der Waals surface area (Å²) in [5.41, 5.74) is 0.264. The third-order valence-corrected chi connectivity index (χ3v) is 10.7. The van der Waals surface area contributed by atoms with E-state index in [2.05, 4.69) is 15.1 Å². The SMILES string of the molecule is CCn1ncc(S(=O)(=O)N2CCC3(CC2)CC(NC[C@H](O)COc2cccc(S(=O)(=O)NC)c2)CO3)c1C. The van der Waals surface area contributed by atoms with Crippen LogP contribution in [0.1, 0.15) is 31.9 Å². The average molecular weight is 572 g/mol.